The number of nitrogens with two attached hydrogens (primary N) is 1. The summed E-state index contributed by atoms with van der Waals surface area (Å²) in [5.74, 6) is 0.494. The van der Waals surface area contributed by atoms with E-state index in [1.807, 2.05) is 20.8 Å². The van der Waals surface area contributed by atoms with Crippen LogP contribution >= 0.6 is 0 Å². The molecule has 1 atom stereocenters. The van der Waals surface area contributed by atoms with Crippen LogP contribution in [0.4, 0.5) is 0 Å². The van der Waals surface area contributed by atoms with Gasteiger partial charge >= 0.3 is 0 Å². The van der Waals surface area contributed by atoms with E-state index in [-0.39, 0.29) is 17.2 Å². The second-order valence-electron chi connectivity index (χ2n) is 4.55. The third kappa shape index (κ3) is 2.19. The van der Waals surface area contributed by atoms with Crippen LogP contribution in [0.2, 0.25) is 0 Å². The van der Waals surface area contributed by atoms with E-state index < -0.39 is 10.0 Å². The molecule has 0 aromatic rings. The van der Waals surface area contributed by atoms with Crippen molar-refractivity contribution in [2.24, 2.45) is 11.7 Å². The molecule has 0 bridgehead atoms. The number of rotatable bonds is 4. The first-order chi connectivity index (χ1) is 6.91. The summed E-state index contributed by atoms with van der Waals surface area (Å²) in [6.07, 6.45) is 1.57. The Kier molecular flexibility index (Phi) is 3.79. The summed E-state index contributed by atoms with van der Waals surface area (Å²) < 4.78 is 25.6. The van der Waals surface area contributed by atoms with Gasteiger partial charge in [-0.2, -0.15) is 4.31 Å². The quantitative estimate of drug-likeness (QED) is 0.782. The van der Waals surface area contributed by atoms with Crippen molar-refractivity contribution in [3.63, 3.8) is 0 Å². The fourth-order valence-corrected chi connectivity index (χ4v) is 4.79. The maximum atomic E-state index is 12.0. The highest BCUT2D eigenvalue weighted by Crippen LogP contribution is 2.32. The van der Waals surface area contributed by atoms with Crippen LogP contribution < -0.4 is 5.73 Å². The average Bonchev–Trinajstić information content (AvgIpc) is 2.45. The Morgan fingerprint density at radius 1 is 1.40 bits per heavy atom. The van der Waals surface area contributed by atoms with Gasteiger partial charge in [-0.25, -0.2) is 8.42 Å². The third-order valence-electron chi connectivity index (χ3n) is 3.53. The van der Waals surface area contributed by atoms with Crippen molar-refractivity contribution >= 4 is 10.0 Å². The second kappa shape index (κ2) is 4.39. The van der Waals surface area contributed by atoms with E-state index in [9.17, 15) is 8.42 Å². The molecule has 0 amide bonds. The Balaban J connectivity index is 3.04. The Hall–Kier alpha value is -0.130. The smallest absolute Gasteiger partial charge is 0.214 e. The van der Waals surface area contributed by atoms with Gasteiger partial charge < -0.3 is 5.73 Å². The van der Waals surface area contributed by atoms with E-state index in [0.29, 0.717) is 13.1 Å². The van der Waals surface area contributed by atoms with Gasteiger partial charge in [-0.1, -0.05) is 20.8 Å². The highest BCUT2D eigenvalue weighted by Gasteiger charge is 2.45. The Morgan fingerprint density at radius 2 is 1.93 bits per heavy atom. The van der Waals surface area contributed by atoms with E-state index in [0.717, 1.165) is 12.8 Å². The van der Waals surface area contributed by atoms with Gasteiger partial charge in [0.1, 0.15) is 0 Å². The average molecular weight is 234 g/mol. The van der Waals surface area contributed by atoms with Crippen molar-refractivity contribution in [1.29, 1.82) is 0 Å². The molecule has 5 heteroatoms. The second-order valence-corrected chi connectivity index (χ2v) is 6.49. The molecule has 15 heavy (non-hydrogen) atoms. The highest BCUT2D eigenvalue weighted by molar-refractivity contribution is 7.89. The molecule has 0 saturated carbocycles. The molecule has 0 aromatic heterocycles. The molecule has 0 radical (unpaired) electrons. The van der Waals surface area contributed by atoms with Gasteiger partial charge in [-0.05, 0) is 18.8 Å². The normalized spacial score (nSPS) is 27.1. The van der Waals surface area contributed by atoms with E-state index in [4.69, 9.17) is 5.73 Å². The van der Waals surface area contributed by atoms with Crippen molar-refractivity contribution in [2.75, 3.05) is 18.8 Å². The van der Waals surface area contributed by atoms with Crippen molar-refractivity contribution in [1.82, 2.24) is 4.31 Å². The molecule has 0 spiro atoms. The molecule has 2 N–H and O–H groups in total. The topological polar surface area (TPSA) is 63.4 Å². The zero-order chi connectivity index (χ0) is 11.7. The van der Waals surface area contributed by atoms with E-state index in [2.05, 4.69) is 0 Å². The van der Waals surface area contributed by atoms with Gasteiger partial charge in [0.2, 0.25) is 10.0 Å². The van der Waals surface area contributed by atoms with Crippen molar-refractivity contribution < 1.29 is 8.42 Å². The summed E-state index contributed by atoms with van der Waals surface area (Å²) in [5.41, 5.74) is 5.41. The lowest BCUT2D eigenvalue weighted by Crippen LogP contribution is -2.53. The first-order valence-corrected chi connectivity index (χ1v) is 7.23. The van der Waals surface area contributed by atoms with Gasteiger partial charge in [-0.3, -0.25) is 0 Å². The molecule has 1 fully saturated rings. The number of sulfonamides is 1. The first kappa shape index (κ1) is 12.9. The summed E-state index contributed by atoms with van der Waals surface area (Å²) in [4.78, 5) is 0. The lowest BCUT2D eigenvalue weighted by atomic mass is 9.92. The molecule has 1 unspecified atom stereocenters. The minimum Gasteiger partial charge on any atom is -0.329 e. The molecule has 4 nitrogen and oxygen atoms in total. The fraction of sp³-hybridized carbons (Fsp3) is 1.00. The summed E-state index contributed by atoms with van der Waals surface area (Å²) in [7, 11) is -3.08. The molecule has 90 valence electrons. The van der Waals surface area contributed by atoms with Crippen molar-refractivity contribution in [3.05, 3.63) is 0 Å². The molecule has 1 saturated heterocycles. The maximum absolute atomic E-state index is 12.0. The van der Waals surface area contributed by atoms with Crippen LogP contribution in [0.5, 0.6) is 0 Å². The van der Waals surface area contributed by atoms with Crippen LogP contribution in [-0.4, -0.2) is 37.1 Å². The minimum absolute atomic E-state index is 0.221. The number of nitrogens with zero attached hydrogens (tertiary/aromatic N) is 1. The third-order valence-corrected chi connectivity index (χ3v) is 5.73. The van der Waals surface area contributed by atoms with Crippen LogP contribution in [0.3, 0.4) is 0 Å². The molecule has 1 aliphatic rings. The SMILES string of the molecule is CCC(CC)(CN)N1CC(C)CS1(=O)=O. The van der Waals surface area contributed by atoms with Gasteiger partial charge in [0.25, 0.3) is 0 Å². The molecule has 1 rings (SSSR count). The lowest BCUT2D eigenvalue weighted by Gasteiger charge is -2.38. The Morgan fingerprint density at radius 3 is 2.20 bits per heavy atom. The maximum Gasteiger partial charge on any atom is 0.214 e. The van der Waals surface area contributed by atoms with E-state index in [1.54, 1.807) is 4.31 Å². The lowest BCUT2D eigenvalue weighted by molar-refractivity contribution is 0.180. The summed E-state index contributed by atoms with van der Waals surface area (Å²) >= 11 is 0. The van der Waals surface area contributed by atoms with Crippen LogP contribution in [0, 0.1) is 5.92 Å². The van der Waals surface area contributed by atoms with Crippen LogP contribution in [0.15, 0.2) is 0 Å². The minimum atomic E-state index is -3.08. The molecule has 0 aromatic carbocycles. The monoisotopic (exact) mass is 234 g/mol. The number of hydrogen-bond acceptors (Lipinski definition) is 3. The summed E-state index contributed by atoms with van der Waals surface area (Å²) in [6, 6.07) is 0. The predicted molar refractivity (Wildman–Crippen MR) is 62.0 cm³/mol. The zero-order valence-corrected chi connectivity index (χ0v) is 10.7. The summed E-state index contributed by atoms with van der Waals surface area (Å²) in [5, 5.41) is 0. The van der Waals surface area contributed by atoms with Crippen molar-refractivity contribution in [3.8, 4) is 0 Å². The molecule has 1 aliphatic heterocycles. The number of hydrogen-bond donors (Lipinski definition) is 1. The molecule has 1 heterocycles. The first-order valence-electron chi connectivity index (χ1n) is 5.62. The Bertz CT molecular complexity index is 301. The van der Waals surface area contributed by atoms with Crippen LogP contribution in [-0.2, 0) is 10.0 Å². The molecular weight excluding hydrogens is 212 g/mol. The van der Waals surface area contributed by atoms with Gasteiger partial charge in [-0.15, -0.1) is 0 Å². The molecule has 0 aliphatic carbocycles. The van der Waals surface area contributed by atoms with Crippen LogP contribution in [0.25, 0.3) is 0 Å². The van der Waals surface area contributed by atoms with Gasteiger partial charge in [0.15, 0.2) is 0 Å². The van der Waals surface area contributed by atoms with Crippen molar-refractivity contribution in [2.45, 2.75) is 39.2 Å². The fourth-order valence-electron chi connectivity index (χ4n) is 2.38. The van der Waals surface area contributed by atoms with Gasteiger partial charge in [0.05, 0.1) is 5.75 Å². The molecular formula is C10H22N2O2S. The zero-order valence-electron chi connectivity index (χ0n) is 9.86. The van der Waals surface area contributed by atoms with E-state index in [1.165, 1.54) is 0 Å². The largest absolute Gasteiger partial charge is 0.329 e. The van der Waals surface area contributed by atoms with Gasteiger partial charge in [0, 0.05) is 18.6 Å². The highest BCUT2D eigenvalue weighted by atomic mass is 32.2. The predicted octanol–water partition coefficient (Wildman–Crippen LogP) is 0.785. The Labute approximate surface area is 92.9 Å². The summed E-state index contributed by atoms with van der Waals surface area (Å²) in [6.45, 7) is 7.03. The van der Waals surface area contributed by atoms with E-state index >= 15 is 0 Å². The standard InChI is InChI=1S/C10H22N2O2S/c1-4-10(5-2,8-11)12-6-9(3)7-15(12,13)14/h9H,4-8,11H2,1-3H3. The van der Waals surface area contributed by atoms with Crippen LogP contribution in [0.1, 0.15) is 33.6 Å².